The average molecular weight is 306 g/mol. The van der Waals surface area contributed by atoms with Gasteiger partial charge in [-0.2, -0.15) is 5.16 Å². The monoisotopic (exact) mass is 306 g/mol. The minimum atomic E-state index is -0.265. The Morgan fingerprint density at radius 2 is 2.18 bits per heavy atom. The maximum Gasteiger partial charge on any atom is 0.280 e. The summed E-state index contributed by atoms with van der Waals surface area (Å²) in [5.41, 5.74) is 0.958. The molecule has 6 heteroatoms. The highest BCUT2D eigenvalue weighted by Gasteiger charge is 2.36. The fourth-order valence-electron chi connectivity index (χ4n) is 3.23. The number of nitrogens with one attached hydrogen (secondary N) is 1. The second-order valence-corrected chi connectivity index (χ2v) is 6.21. The molecule has 0 aliphatic carbocycles. The van der Waals surface area contributed by atoms with E-state index in [1.165, 1.54) is 11.6 Å². The Bertz CT molecular complexity index is 620. The second kappa shape index (κ2) is 6.12. The predicted molar refractivity (Wildman–Crippen MR) is 80.5 cm³/mol. The molecule has 0 unspecified atom stereocenters. The van der Waals surface area contributed by atoms with Crippen LogP contribution in [0.2, 0.25) is 0 Å². The van der Waals surface area contributed by atoms with Crippen LogP contribution < -0.4 is 5.56 Å². The maximum absolute atomic E-state index is 12.3. The molecule has 0 radical (unpaired) electrons. The molecule has 22 heavy (non-hydrogen) atoms. The number of hydrogen-bond acceptors (Lipinski definition) is 4. The highest BCUT2D eigenvalue weighted by atomic mass is 16.5. The van der Waals surface area contributed by atoms with E-state index in [-0.39, 0.29) is 17.1 Å². The fourth-order valence-corrected chi connectivity index (χ4v) is 3.23. The molecule has 0 bridgehead atoms. The van der Waals surface area contributed by atoms with Crippen LogP contribution in [0.3, 0.4) is 0 Å². The molecule has 2 aliphatic heterocycles. The lowest BCUT2D eigenvalue weighted by atomic mass is 9.87. The van der Waals surface area contributed by atoms with Gasteiger partial charge >= 0.3 is 0 Å². The van der Waals surface area contributed by atoms with E-state index < -0.39 is 0 Å². The van der Waals surface area contributed by atoms with Gasteiger partial charge in [0, 0.05) is 32.0 Å². The number of aromatic nitrogens is 1. The third-order valence-electron chi connectivity index (χ3n) is 4.52. The van der Waals surface area contributed by atoms with E-state index in [2.05, 4.69) is 18.2 Å². The summed E-state index contributed by atoms with van der Waals surface area (Å²) >= 11 is 0. The lowest BCUT2D eigenvalue weighted by Gasteiger charge is -2.42. The largest absolute Gasteiger partial charge is 0.384 e. The van der Waals surface area contributed by atoms with E-state index >= 15 is 0 Å². The van der Waals surface area contributed by atoms with Crippen LogP contribution in [-0.2, 0) is 16.0 Å². The van der Waals surface area contributed by atoms with E-state index in [1.807, 2.05) is 4.90 Å². The Balaban J connectivity index is 1.51. The van der Waals surface area contributed by atoms with Gasteiger partial charge in [-0.25, -0.2) is 0 Å². The first kappa shape index (κ1) is 15.1. The molecule has 3 heterocycles. The van der Waals surface area contributed by atoms with E-state index in [0.717, 1.165) is 39.0 Å². The second-order valence-electron chi connectivity index (χ2n) is 6.21. The van der Waals surface area contributed by atoms with Crippen molar-refractivity contribution >= 4 is 5.91 Å². The number of nitrogens with zero attached hydrogens (tertiary/aromatic N) is 1. The standard InChI is InChI=1S/C16H22N2O4/c1-12-4-9-21-16(11-12)5-7-18(8-6-16)15(20)3-2-13-10-14(19)17-22-13/h10-11H,2-9H2,1H3,(H,17,19). The number of carbonyl (C=O) groups is 1. The molecule has 1 N–H and O–H groups in total. The van der Waals surface area contributed by atoms with Crippen LogP contribution >= 0.6 is 0 Å². The molecule has 1 amide bonds. The Hall–Kier alpha value is -1.82. The van der Waals surface area contributed by atoms with Gasteiger partial charge in [-0.3, -0.25) is 9.59 Å². The molecule has 2 aliphatic rings. The number of aromatic amines is 1. The van der Waals surface area contributed by atoms with Crippen LogP contribution in [0.25, 0.3) is 0 Å². The third-order valence-corrected chi connectivity index (χ3v) is 4.52. The van der Waals surface area contributed by atoms with Crippen LogP contribution in [0, 0.1) is 0 Å². The van der Waals surface area contributed by atoms with Gasteiger partial charge in [0.2, 0.25) is 5.91 Å². The highest BCUT2D eigenvalue weighted by Crippen LogP contribution is 2.33. The molecule has 0 saturated carbocycles. The molecule has 0 atom stereocenters. The Kier molecular flexibility index (Phi) is 4.20. The Morgan fingerprint density at radius 3 is 2.82 bits per heavy atom. The number of carbonyl (C=O) groups excluding carboxylic acids is 1. The van der Waals surface area contributed by atoms with Gasteiger partial charge in [0.25, 0.3) is 5.56 Å². The number of aryl methyl sites for hydroxylation is 1. The minimum Gasteiger partial charge on any atom is -0.384 e. The zero-order valence-corrected chi connectivity index (χ0v) is 12.9. The first-order chi connectivity index (χ1) is 10.6. The van der Waals surface area contributed by atoms with Crippen LogP contribution in [0.15, 0.2) is 27.0 Å². The summed E-state index contributed by atoms with van der Waals surface area (Å²) < 4.78 is 10.9. The summed E-state index contributed by atoms with van der Waals surface area (Å²) in [6.07, 6.45) is 5.78. The summed E-state index contributed by atoms with van der Waals surface area (Å²) in [4.78, 5) is 25.1. The van der Waals surface area contributed by atoms with Crippen LogP contribution in [0.4, 0.5) is 0 Å². The van der Waals surface area contributed by atoms with E-state index in [1.54, 1.807) is 0 Å². The van der Waals surface area contributed by atoms with E-state index in [4.69, 9.17) is 9.26 Å². The minimum absolute atomic E-state index is 0.107. The number of H-pyrrole nitrogens is 1. The molecule has 3 rings (SSSR count). The van der Waals surface area contributed by atoms with Gasteiger partial charge in [0.15, 0.2) is 0 Å². The number of amides is 1. The quantitative estimate of drug-likeness (QED) is 0.861. The van der Waals surface area contributed by atoms with Crippen molar-refractivity contribution in [2.75, 3.05) is 19.7 Å². The number of piperidine rings is 1. The van der Waals surface area contributed by atoms with Crippen molar-refractivity contribution in [3.63, 3.8) is 0 Å². The molecule has 1 aromatic rings. The van der Waals surface area contributed by atoms with Crippen molar-refractivity contribution < 1.29 is 14.1 Å². The van der Waals surface area contributed by atoms with Gasteiger partial charge < -0.3 is 14.2 Å². The molecule has 1 spiro atoms. The van der Waals surface area contributed by atoms with Gasteiger partial charge in [0.05, 0.1) is 12.2 Å². The fraction of sp³-hybridized carbons (Fsp3) is 0.625. The molecule has 1 saturated heterocycles. The van der Waals surface area contributed by atoms with Gasteiger partial charge in [0.1, 0.15) is 5.76 Å². The average Bonchev–Trinajstić information content (AvgIpc) is 2.91. The Labute approximate surface area is 129 Å². The maximum atomic E-state index is 12.3. The zero-order valence-electron chi connectivity index (χ0n) is 12.9. The summed E-state index contributed by atoms with van der Waals surface area (Å²) in [5.74, 6) is 0.635. The van der Waals surface area contributed by atoms with Gasteiger partial charge in [-0.15, -0.1) is 0 Å². The van der Waals surface area contributed by atoms with Crippen LogP contribution in [0.1, 0.15) is 38.4 Å². The van der Waals surface area contributed by atoms with Crippen molar-refractivity contribution in [2.24, 2.45) is 0 Å². The SMILES string of the molecule is CC1=CC2(CCN(C(=O)CCc3cc(=O)[nH]o3)CC2)OCC1. The van der Waals surface area contributed by atoms with Crippen molar-refractivity contribution in [2.45, 2.75) is 44.6 Å². The first-order valence-corrected chi connectivity index (χ1v) is 7.84. The lowest BCUT2D eigenvalue weighted by molar-refractivity contribution is -0.136. The van der Waals surface area contributed by atoms with E-state index in [0.29, 0.717) is 18.6 Å². The van der Waals surface area contributed by atoms with Crippen molar-refractivity contribution in [1.29, 1.82) is 0 Å². The molecular formula is C16H22N2O4. The lowest BCUT2D eigenvalue weighted by Crippen LogP contribution is -2.48. The molecule has 120 valence electrons. The van der Waals surface area contributed by atoms with Crippen molar-refractivity contribution in [1.82, 2.24) is 10.1 Å². The summed E-state index contributed by atoms with van der Waals surface area (Å²) in [6, 6.07) is 1.39. The summed E-state index contributed by atoms with van der Waals surface area (Å²) in [7, 11) is 0. The number of rotatable bonds is 3. The summed E-state index contributed by atoms with van der Waals surface area (Å²) in [6.45, 7) is 4.37. The first-order valence-electron chi connectivity index (χ1n) is 7.84. The summed E-state index contributed by atoms with van der Waals surface area (Å²) in [5, 5.41) is 2.24. The van der Waals surface area contributed by atoms with Gasteiger partial charge in [-0.1, -0.05) is 11.6 Å². The molecular weight excluding hydrogens is 284 g/mol. The number of hydrogen-bond donors (Lipinski definition) is 1. The molecule has 1 aromatic heterocycles. The molecule has 1 fully saturated rings. The van der Waals surface area contributed by atoms with Crippen molar-refractivity contribution in [3.05, 3.63) is 33.8 Å². The van der Waals surface area contributed by atoms with Crippen LogP contribution in [0.5, 0.6) is 0 Å². The van der Waals surface area contributed by atoms with Crippen molar-refractivity contribution in [3.8, 4) is 0 Å². The topological polar surface area (TPSA) is 75.5 Å². The third kappa shape index (κ3) is 3.32. The number of likely N-dealkylation sites (tertiary alicyclic amines) is 1. The highest BCUT2D eigenvalue weighted by molar-refractivity contribution is 5.76. The Morgan fingerprint density at radius 1 is 1.41 bits per heavy atom. The predicted octanol–water partition coefficient (Wildman–Crippen LogP) is 1.63. The molecule has 6 nitrogen and oxygen atoms in total. The van der Waals surface area contributed by atoms with Gasteiger partial charge in [-0.05, 0) is 26.2 Å². The zero-order chi connectivity index (χ0) is 15.6. The molecule has 0 aromatic carbocycles. The van der Waals surface area contributed by atoms with E-state index in [9.17, 15) is 9.59 Å². The number of ether oxygens (including phenoxy) is 1. The van der Waals surface area contributed by atoms with Crippen LogP contribution in [-0.4, -0.2) is 41.3 Å². The normalized spacial score (nSPS) is 21.0. The smallest absolute Gasteiger partial charge is 0.280 e.